The first-order valence-electron chi connectivity index (χ1n) is 6.58. The number of para-hydroxylation sites is 1. The molecule has 2 nitrogen and oxygen atoms in total. The number of hydrogen-bond donors (Lipinski definition) is 0. The molecule has 0 radical (unpaired) electrons. The summed E-state index contributed by atoms with van der Waals surface area (Å²) in [5.74, 6) is 0.743. The van der Waals surface area contributed by atoms with E-state index in [0.717, 1.165) is 35.7 Å². The molecule has 0 saturated carbocycles. The van der Waals surface area contributed by atoms with Crippen LogP contribution in [0.3, 0.4) is 0 Å². The molecule has 2 aromatic rings. The first kappa shape index (κ1) is 13.4. The van der Waals surface area contributed by atoms with Crippen LogP contribution in [0.4, 0.5) is 10.1 Å². The van der Waals surface area contributed by atoms with Gasteiger partial charge in [0.2, 0.25) is 0 Å². The molecule has 20 heavy (non-hydrogen) atoms. The summed E-state index contributed by atoms with van der Waals surface area (Å²) < 4.78 is 19.1. The van der Waals surface area contributed by atoms with Gasteiger partial charge in [0, 0.05) is 23.1 Å². The topological polar surface area (TPSA) is 12.5 Å². The summed E-state index contributed by atoms with van der Waals surface area (Å²) in [6.45, 7) is 2.21. The van der Waals surface area contributed by atoms with Crippen LogP contribution in [0.2, 0.25) is 0 Å². The standard InChI is InChI=1S/C16H15BrFNO/c17-10-13-9-14(18)5-6-15(13)19-7-8-20-16-4-2-1-3-12(16)11-19/h1-6,9H,7-8,10-11H2. The van der Waals surface area contributed by atoms with E-state index in [1.807, 2.05) is 24.3 Å². The van der Waals surface area contributed by atoms with Crippen LogP contribution in [0.15, 0.2) is 42.5 Å². The molecule has 0 fully saturated rings. The molecule has 1 aliphatic rings. The smallest absolute Gasteiger partial charge is 0.124 e. The second-order valence-electron chi connectivity index (χ2n) is 4.78. The van der Waals surface area contributed by atoms with Crippen LogP contribution in [-0.4, -0.2) is 13.2 Å². The van der Waals surface area contributed by atoms with Gasteiger partial charge in [0.1, 0.15) is 18.2 Å². The van der Waals surface area contributed by atoms with E-state index in [1.54, 1.807) is 6.07 Å². The average molecular weight is 336 g/mol. The monoisotopic (exact) mass is 335 g/mol. The van der Waals surface area contributed by atoms with Gasteiger partial charge in [0.05, 0.1) is 6.54 Å². The van der Waals surface area contributed by atoms with Crippen molar-refractivity contribution in [3.63, 3.8) is 0 Å². The lowest BCUT2D eigenvalue weighted by molar-refractivity contribution is 0.331. The number of benzene rings is 2. The highest BCUT2D eigenvalue weighted by Crippen LogP contribution is 2.29. The third-order valence-corrected chi connectivity index (χ3v) is 4.08. The number of hydrogen-bond acceptors (Lipinski definition) is 2. The summed E-state index contributed by atoms with van der Waals surface area (Å²) >= 11 is 3.44. The van der Waals surface area contributed by atoms with Crippen LogP contribution in [0, 0.1) is 5.82 Å². The maximum atomic E-state index is 13.4. The molecule has 3 rings (SSSR count). The van der Waals surface area contributed by atoms with Gasteiger partial charge in [0.25, 0.3) is 0 Å². The fourth-order valence-corrected chi connectivity index (χ4v) is 2.95. The van der Waals surface area contributed by atoms with Gasteiger partial charge >= 0.3 is 0 Å². The zero-order chi connectivity index (χ0) is 13.9. The van der Waals surface area contributed by atoms with E-state index >= 15 is 0 Å². The van der Waals surface area contributed by atoms with E-state index < -0.39 is 0 Å². The second-order valence-corrected chi connectivity index (χ2v) is 5.35. The Morgan fingerprint density at radius 2 is 2.05 bits per heavy atom. The van der Waals surface area contributed by atoms with Gasteiger partial charge in [-0.25, -0.2) is 4.39 Å². The van der Waals surface area contributed by atoms with Crippen molar-refractivity contribution >= 4 is 21.6 Å². The highest BCUT2D eigenvalue weighted by atomic mass is 79.9. The molecule has 1 aliphatic heterocycles. The Labute approximate surface area is 126 Å². The normalized spacial score (nSPS) is 14.4. The number of nitrogens with zero attached hydrogens (tertiary/aromatic N) is 1. The molecule has 1 heterocycles. The number of ether oxygens (including phenoxy) is 1. The predicted molar refractivity (Wildman–Crippen MR) is 82.0 cm³/mol. The minimum absolute atomic E-state index is 0.199. The number of alkyl halides is 1. The fourth-order valence-electron chi connectivity index (χ4n) is 2.50. The summed E-state index contributed by atoms with van der Waals surface area (Å²) in [5, 5.41) is 0.638. The van der Waals surface area contributed by atoms with Crippen molar-refractivity contribution in [2.45, 2.75) is 11.9 Å². The SMILES string of the molecule is Fc1ccc(N2CCOc3ccccc3C2)c(CBr)c1. The Hall–Kier alpha value is -1.55. The van der Waals surface area contributed by atoms with Crippen molar-refractivity contribution < 1.29 is 9.13 Å². The Kier molecular flexibility index (Phi) is 3.92. The summed E-state index contributed by atoms with van der Waals surface area (Å²) in [6.07, 6.45) is 0. The molecule has 4 heteroatoms. The first-order valence-corrected chi connectivity index (χ1v) is 7.70. The Morgan fingerprint density at radius 3 is 2.90 bits per heavy atom. The van der Waals surface area contributed by atoms with E-state index in [4.69, 9.17) is 4.74 Å². The predicted octanol–water partition coefficient (Wildman–Crippen LogP) is 4.12. The van der Waals surface area contributed by atoms with Gasteiger partial charge in [-0.2, -0.15) is 0 Å². The van der Waals surface area contributed by atoms with Crippen LogP contribution in [-0.2, 0) is 11.9 Å². The fraction of sp³-hybridized carbons (Fsp3) is 0.250. The molecule has 0 unspecified atom stereocenters. The lowest BCUT2D eigenvalue weighted by Gasteiger charge is -2.24. The zero-order valence-corrected chi connectivity index (χ0v) is 12.6. The number of halogens is 2. The average Bonchev–Trinajstić information content (AvgIpc) is 2.69. The van der Waals surface area contributed by atoms with Gasteiger partial charge in [-0.3, -0.25) is 0 Å². The lowest BCUT2D eigenvalue weighted by atomic mass is 10.1. The van der Waals surface area contributed by atoms with Crippen molar-refractivity contribution in [3.05, 3.63) is 59.4 Å². The molecular formula is C16H15BrFNO. The van der Waals surface area contributed by atoms with Crippen LogP contribution in [0.5, 0.6) is 5.75 Å². The van der Waals surface area contributed by atoms with Gasteiger partial charge in [-0.1, -0.05) is 34.1 Å². The summed E-state index contributed by atoms with van der Waals surface area (Å²) in [7, 11) is 0. The molecule has 0 aliphatic carbocycles. The van der Waals surface area contributed by atoms with E-state index in [9.17, 15) is 4.39 Å². The van der Waals surface area contributed by atoms with Crippen LogP contribution in [0.1, 0.15) is 11.1 Å². The molecular weight excluding hydrogens is 321 g/mol. The molecule has 0 spiro atoms. The summed E-state index contributed by atoms with van der Waals surface area (Å²) in [4.78, 5) is 2.24. The second kappa shape index (κ2) is 5.83. The maximum absolute atomic E-state index is 13.4. The van der Waals surface area contributed by atoms with Gasteiger partial charge in [0.15, 0.2) is 0 Å². The van der Waals surface area contributed by atoms with E-state index in [0.29, 0.717) is 11.9 Å². The van der Waals surface area contributed by atoms with Crippen molar-refractivity contribution in [1.82, 2.24) is 0 Å². The van der Waals surface area contributed by atoms with Crippen LogP contribution < -0.4 is 9.64 Å². The minimum Gasteiger partial charge on any atom is -0.491 e. The molecule has 0 bridgehead atoms. The molecule has 0 N–H and O–H groups in total. The van der Waals surface area contributed by atoms with E-state index in [2.05, 4.69) is 26.9 Å². The highest BCUT2D eigenvalue weighted by Gasteiger charge is 2.17. The van der Waals surface area contributed by atoms with Gasteiger partial charge < -0.3 is 9.64 Å². The quantitative estimate of drug-likeness (QED) is 0.765. The molecule has 0 saturated heterocycles. The Morgan fingerprint density at radius 1 is 1.20 bits per heavy atom. The van der Waals surface area contributed by atoms with Crippen LogP contribution >= 0.6 is 15.9 Å². The van der Waals surface area contributed by atoms with Crippen LogP contribution in [0.25, 0.3) is 0 Å². The van der Waals surface area contributed by atoms with E-state index in [-0.39, 0.29) is 5.82 Å². The molecule has 104 valence electrons. The van der Waals surface area contributed by atoms with Crippen molar-refractivity contribution in [2.75, 3.05) is 18.1 Å². The van der Waals surface area contributed by atoms with Crippen molar-refractivity contribution in [1.29, 1.82) is 0 Å². The highest BCUT2D eigenvalue weighted by molar-refractivity contribution is 9.08. The molecule has 0 atom stereocenters. The third kappa shape index (κ3) is 2.66. The zero-order valence-electron chi connectivity index (χ0n) is 11.0. The molecule has 0 aromatic heterocycles. The number of anilines is 1. The molecule has 0 amide bonds. The minimum atomic E-state index is -0.199. The third-order valence-electron chi connectivity index (χ3n) is 3.48. The number of rotatable bonds is 2. The number of fused-ring (bicyclic) bond motifs is 1. The Balaban J connectivity index is 1.95. The first-order chi connectivity index (χ1) is 9.78. The summed E-state index contributed by atoms with van der Waals surface area (Å²) in [5.41, 5.74) is 3.18. The van der Waals surface area contributed by atoms with Gasteiger partial charge in [-0.15, -0.1) is 0 Å². The lowest BCUT2D eigenvalue weighted by Crippen LogP contribution is -2.26. The van der Waals surface area contributed by atoms with Gasteiger partial charge in [-0.05, 0) is 29.8 Å². The largest absolute Gasteiger partial charge is 0.491 e. The van der Waals surface area contributed by atoms with Crippen molar-refractivity contribution in [3.8, 4) is 5.75 Å². The maximum Gasteiger partial charge on any atom is 0.124 e. The molecule has 2 aromatic carbocycles. The Bertz CT molecular complexity index is 617. The van der Waals surface area contributed by atoms with E-state index in [1.165, 1.54) is 6.07 Å². The van der Waals surface area contributed by atoms with Crippen molar-refractivity contribution in [2.24, 2.45) is 0 Å². The summed E-state index contributed by atoms with van der Waals surface area (Å²) in [6, 6.07) is 13.0.